The van der Waals surface area contributed by atoms with Crippen molar-refractivity contribution < 1.29 is 9.53 Å². The number of carbonyl (C=O) groups is 1. The summed E-state index contributed by atoms with van der Waals surface area (Å²) in [6.07, 6.45) is -0.550. The fourth-order valence-corrected chi connectivity index (χ4v) is 2.21. The van der Waals surface area contributed by atoms with Crippen molar-refractivity contribution in [1.82, 2.24) is 0 Å². The van der Waals surface area contributed by atoms with Crippen molar-refractivity contribution in [3.8, 4) is 5.75 Å². The second kappa shape index (κ2) is 6.44. The average Bonchev–Trinajstić information content (AvgIpc) is 2.40. The lowest BCUT2D eigenvalue weighted by molar-refractivity contribution is -0.122. The second-order valence-corrected chi connectivity index (χ2v) is 5.39. The van der Waals surface area contributed by atoms with Crippen molar-refractivity contribution in [2.24, 2.45) is 0 Å². The summed E-state index contributed by atoms with van der Waals surface area (Å²) in [7, 11) is 0. The first kappa shape index (κ1) is 15.1. The minimum atomic E-state index is -0.550. The highest BCUT2D eigenvalue weighted by atomic mass is 16.5. The number of nitrogens with one attached hydrogen (secondary N) is 1. The molecule has 0 fully saturated rings. The van der Waals surface area contributed by atoms with Gasteiger partial charge in [-0.3, -0.25) is 4.79 Å². The molecule has 1 atom stereocenters. The van der Waals surface area contributed by atoms with Gasteiger partial charge in [0.2, 0.25) is 0 Å². The van der Waals surface area contributed by atoms with Crippen LogP contribution >= 0.6 is 0 Å². The summed E-state index contributed by atoms with van der Waals surface area (Å²) in [5.74, 6) is 0.573. The zero-order chi connectivity index (χ0) is 15.4. The Kier molecular flexibility index (Phi) is 4.63. The lowest BCUT2D eigenvalue weighted by Crippen LogP contribution is -2.30. The molecule has 0 aromatic heterocycles. The van der Waals surface area contributed by atoms with Crippen molar-refractivity contribution in [3.63, 3.8) is 0 Å². The molecule has 0 saturated heterocycles. The molecule has 1 N–H and O–H groups in total. The maximum Gasteiger partial charge on any atom is 0.265 e. The third kappa shape index (κ3) is 4.09. The van der Waals surface area contributed by atoms with Crippen molar-refractivity contribution in [2.45, 2.75) is 33.8 Å². The minimum Gasteiger partial charge on any atom is -0.481 e. The van der Waals surface area contributed by atoms with Gasteiger partial charge in [0.15, 0.2) is 6.10 Å². The van der Waals surface area contributed by atoms with E-state index < -0.39 is 6.10 Å². The average molecular weight is 283 g/mol. The molecule has 1 unspecified atom stereocenters. The maximum absolute atomic E-state index is 12.2. The Balaban J connectivity index is 2.04. The topological polar surface area (TPSA) is 38.3 Å². The number of ether oxygens (including phenoxy) is 1. The van der Waals surface area contributed by atoms with E-state index >= 15 is 0 Å². The number of rotatable bonds is 4. The molecule has 0 aliphatic carbocycles. The Bertz CT molecular complexity index is 629. The van der Waals surface area contributed by atoms with E-state index in [-0.39, 0.29) is 5.91 Å². The van der Waals surface area contributed by atoms with Gasteiger partial charge in [-0.2, -0.15) is 0 Å². The SMILES string of the molecule is Cc1cc(C)cc(OC(C)C(=O)Nc2ccccc2C)c1. The summed E-state index contributed by atoms with van der Waals surface area (Å²) in [4.78, 5) is 12.2. The van der Waals surface area contributed by atoms with Crippen LogP contribution in [0.1, 0.15) is 23.6 Å². The molecule has 0 radical (unpaired) electrons. The highest BCUT2D eigenvalue weighted by molar-refractivity contribution is 5.94. The molecule has 0 heterocycles. The minimum absolute atomic E-state index is 0.150. The summed E-state index contributed by atoms with van der Waals surface area (Å²) in [6.45, 7) is 7.74. The first-order valence-electron chi connectivity index (χ1n) is 7.07. The number of carbonyl (C=O) groups excluding carboxylic acids is 1. The number of benzene rings is 2. The van der Waals surface area contributed by atoms with Crippen LogP contribution in [-0.2, 0) is 4.79 Å². The Hall–Kier alpha value is -2.29. The third-order valence-corrected chi connectivity index (χ3v) is 3.28. The van der Waals surface area contributed by atoms with Gasteiger partial charge in [0.1, 0.15) is 5.75 Å². The van der Waals surface area contributed by atoms with Crippen molar-refractivity contribution >= 4 is 11.6 Å². The quantitative estimate of drug-likeness (QED) is 0.920. The monoisotopic (exact) mass is 283 g/mol. The van der Waals surface area contributed by atoms with Crippen molar-refractivity contribution in [2.75, 3.05) is 5.32 Å². The summed E-state index contributed by atoms with van der Waals surface area (Å²) < 4.78 is 5.74. The van der Waals surface area contributed by atoms with Gasteiger partial charge < -0.3 is 10.1 Å². The van der Waals surface area contributed by atoms with Gasteiger partial charge >= 0.3 is 0 Å². The molecule has 3 heteroatoms. The van der Waals surface area contributed by atoms with Crippen LogP contribution in [-0.4, -0.2) is 12.0 Å². The number of amides is 1. The summed E-state index contributed by atoms with van der Waals surface area (Å²) in [5.41, 5.74) is 4.09. The highest BCUT2D eigenvalue weighted by Crippen LogP contribution is 2.19. The molecule has 2 aromatic rings. The van der Waals surface area contributed by atoms with Gasteiger partial charge in [-0.25, -0.2) is 0 Å². The molecular formula is C18H21NO2. The molecule has 0 aliphatic rings. The molecule has 1 amide bonds. The van der Waals surface area contributed by atoms with Crippen LogP contribution in [0.25, 0.3) is 0 Å². The number of hydrogen-bond donors (Lipinski definition) is 1. The van der Waals surface area contributed by atoms with Crippen LogP contribution in [0.3, 0.4) is 0 Å². The first-order valence-corrected chi connectivity index (χ1v) is 7.07. The Labute approximate surface area is 126 Å². The molecule has 2 aromatic carbocycles. The van der Waals surface area contributed by atoms with E-state index in [2.05, 4.69) is 11.4 Å². The Morgan fingerprint density at radius 1 is 1.05 bits per heavy atom. The van der Waals surface area contributed by atoms with Gasteiger partial charge in [0.25, 0.3) is 5.91 Å². The van der Waals surface area contributed by atoms with Crippen LogP contribution in [0, 0.1) is 20.8 Å². The second-order valence-electron chi connectivity index (χ2n) is 5.39. The first-order chi connectivity index (χ1) is 9.95. The van der Waals surface area contributed by atoms with Gasteiger partial charge in [-0.15, -0.1) is 0 Å². The zero-order valence-electron chi connectivity index (χ0n) is 12.9. The molecule has 0 saturated carbocycles. The van der Waals surface area contributed by atoms with Crippen LogP contribution < -0.4 is 10.1 Å². The van der Waals surface area contributed by atoms with Crippen molar-refractivity contribution in [3.05, 3.63) is 59.2 Å². The van der Waals surface area contributed by atoms with Crippen LogP contribution in [0.15, 0.2) is 42.5 Å². The smallest absolute Gasteiger partial charge is 0.265 e. The fourth-order valence-electron chi connectivity index (χ4n) is 2.21. The number of anilines is 1. The van der Waals surface area contributed by atoms with E-state index in [1.54, 1.807) is 6.92 Å². The lowest BCUT2D eigenvalue weighted by atomic mass is 10.1. The zero-order valence-corrected chi connectivity index (χ0v) is 12.9. The Morgan fingerprint density at radius 2 is 1.67 bits per heavy atom. The van der Waals surface area contributed by atoms with Crippen molar-refractivity contribution in [1.29, 1.82) is 0 Å². The van der Waals surface area contributed by atoms with E-state index in [0.29, 0.717) is 0 Å². The lowest BCUT2D eigenvalue weighted by Gasteiger charge is -2.16. The molecule has 2 rings (SSSR count). The molecule has 21 heavy (non-hydrogen) atoms. The van der Waals surface area contributed by atoms with Crippen LogP contribution in [0.5, 0.6) is 5.75 Å². The van der Waals surface area contributed by atoms with E-state index in [4.69, 9.17) is 4.74 Å². The number of aryl methyl sites for hydroxylation is 3. The van der Waals surface area contributed by atoms with Gasteiger partial charge in [0.05, 0.1) is 0 Å². The normalized spacial score (nSPS) is 11.8. The molecule has 0 bridgehead atoms. The summed E-state index contributed by atoms with van der Waals surface area (Å²) in [6, 6.07) is 13.6. The Morgan fingerprint density at radius 3 is 2.29 bits per heavy atom. The largest absolute Gasteiger partial charge is 0.481 e. The molecule has 3 nitrogen and oxygen atoms in total. The van der Waals surface area contributed by atoms with Crippen LogP contribution in [0.2, 0.25) is 0 Å². The molecule has 0 aliphatic heterocycles. The van der Waals surface area contributed by atoms with Gasteiger partial charge in [0, 0.05) is 5.69 Å². The van der Waals surface area contributed by atoms with E-state index in [0.717, 1.165) is 28.1 Å². The third-order valence-electron chi connectivity index (χ3n) is 3.28. The van der Waals surface area contributed by atoms with E-state index in [1.165, 1.54) is 0 Å². The van der Waals surface area contributed by atoms with Crippen LogP contribution in [0.4, 0.5) is 5.69 Å². The molecule has 0 spiro atoms. The standard InChI is InChI=1S/C18H21NO2/c1-12-9-13(2)11-16(10-12)21-15(4)18(20)19-17-8-6-5-7-14(17)3/h5-11,15H,1-4H3,(H,19,20). The number of para-hydroxylation sites is 1. The highest BCUT2D eigenvalue weighted by Gasteiger charge is 2.15. The van der Waals surface area contributed by atoms with Gasteiger partial charge in [-0.1, -0.05) is 24.3 Å². The number of hydrogen-bond acceptors (Lipinski definition) is 2. The summed E-state index contributed by atoms with van der Waals surface area (Å²) >= 11 is 0. The van der Waals surface area contributed by atoms with E-state index in [1.807, 2.05) is 57.2 Å². The van der Waals surface area contributed by atoms with Gasteiger partial charge in [-0.05, 0) is 62.6 Å². The molecule has 110 valence electrons. The molecular weight excluding hydrogens is 262 g/mol. The summed E-state index contributed by atoms with van der Waals surface area (Å²) in [5, 5.41) is 2.90. The fraction of sp³-hybridized carbons (Fsp3) is 0.278. The predicted molar refractivity (Wildman–Crippen MR) is 85.8 cm³/mol. The predicted octanol–water partition coefficient (Wildman–Crippen LogP) is 4.02. The van der Waals surface area contributed by atoms with E-state index in [9.17, 15) is 4.79 Å². The maximum atomic E-state index is 12.2.